The number of para-hydroxylation sites is 3. The summed E-state index contributed by atoms with van der Waals surface area (Å²) in [6.45, 7) is 0. The second-order valence-electron chi connectivity index (χ2n) is 6.05. The number of aromatic nitrogens is 2. The van der Waals surface area contributed by atoms with Gasteiger partial charge in [-0.3, -0.25) is 9.36 Å². The lowest BCUT2D eigenvalue weighted by atomic mass is 10.3. The van der Waals surface area contributed by atoms with Gasteiger partial charge < -0.3 is 10.4 Å². The zero-order valence-corrected chi connectivity index (χ0v) is 16.2. The Labute approximate surface area is 171 Å². The van der Waals surface area contributed by atoms with Crippen LogP contribution < -0.4 is 5.32 Å². The summed E-state index contributed by atoms with van der Waals surface area (Å²) in [7, 11) is 0. The fourth-order valence-electron chi connectivity index (χ4n) is 2.85. The second kappa shape index (κ2) is 7.96. The Morgan fingerprint density at radius 1 is 1.07 bits per heavy atom. The third-order valence-corrected chi connectivity index (χ3v) is 5.28. The minimum Gasteiger partial charge on any atom is -0.506 e. The molecule has 0 aliphatic heterocycles. The molecule has 4 aromatic rings. The highest BCUT2D eigenvalue weighted by atomic mass is 35.5. The van der Waals surface area contributed by atoms with Crippen molar-refractivity contribution in [2.45, 2.75) is 5.16 Å². The van der Waals surface area contributed by atoms with Gasteiger partial charge in [-0.1, -0.05) is 53.7 Å². The van der Waals surface area contributed by atoms with Gasteiger partial charge in [-0.15, -0.1) is 0 Å². The number of hydrogen-bond acceptors (Lipinski definition) is 4. The number of carbonyl (C=O) groups is 1. The van der Waals surface area contributed by atoms with Crippen LogP contribution in [0.15, 0.2) is 78.0 Å². The van der Waals surface area contributed by atoms with Gasteiger partial charge in [0.25, 0.3) is 0 Å². The number of carbonyl (C=O) groups excluding carboxylic acids is 1. The molecule has 0 fully saturated rings. The predicted molar refractivity (Wildman–Crippen MR) is 114 cm³/mol. The quantitative estimate of drug-likeness (QED) is 0.355. The highest BCUT2D eigenvalue weighted by molar-refractivity contribution is 7.99. The number of thioether (sulfide) groups is 1. The van der Waals surface area contributed by atoms with Crippen LogP contribution in [0.3, 0.4) is 0 Å². The summed E-state index contributed by atoms with van der Waals surface area (Å²) in [5.41, 5.74) is 3.15. The highest BCUT2D eigenvalue weighted by Gasteiger charge is 2.15. The zero-order valence-electron chi connectivity index (χ0n) is 14.7. The first-order valence-corrected chi connectivity index (χ1v) is 9.92. The van der Waals surface area contributed by atoms with Gasteiger partial charge in [-0.2, -0.15) is 0 Å². The summed E-state index contributed by atoms with van der Waals surface area (Å²) in [4.78, 5) is 17.0. The molecule has 1 aromatic heterocycles. The largest absolute Gasteiger partial charge is 0.506 e. The van der Waals surface area contributed by atoms with Gasteiger partial charge in [0, 0.05) is 16.8 Å². The smallest absolute Gasteiger partial charge is 0.234 e. The van der Waals surface area contributed by atoms with Crippen LogP contribution in [0.4, 0.5) is 5.69 Å². The normalized spacial score (nSPS) is 10.9. The fraction of sp³-hybridized carbons (Fsp3) is 0.0476. The number of nitrogens with one attached hydrogen (secondary N) is 1. The summed E-state index contributed by atoms with van der Waals surface area (Å²) in [5.74, 6) is -0.158. The lowest BCUT2D eigenvalue weighted by Crippen LogP contribution is -2.14. The van der Waals surface area contributed by atoms with Crippen LogP contribution in [0.2, 0.25) is 5.02 Å². The molecular formula is C21H16ClN3O2S. The second-order valence-corrected chi connectivity index (χ2v) is 7.43. The average molecular weight is 410 g/mol. The molecule has 2 N–H and O–H groups in total. The number of nitrogens with zero attached hydrogens (tertiary/aromatic N) is 2. The van der Waals surface area contributed by atoms with Crippen molar-refractivity contribution in [3.05, 3.63) is 77.8 Å². The molecule has 0 unspecified atom stereocenters. The number of hydrogen-bond donors (Lipinski definition) is 2. The Kier molecular flexibility index (Phi) is 5.23. The van der Waals surface area contributed by atoms with E-state index in [1.54, 1.807) is 12.1 Å². The van der Waals surface area contributed by atoms with Crippen molar-refractivity contribution in [1.82, 2.24) is 9.55 Å². The average Bonchev–Trinajstić information content (AvgIpc) is 3.07. The van der Waals surface area contributed by atoms with Crippen molar-refractivity contribution >= 4 is 46.0 Å². The molecule has 28 heavy (non-hydrogen) atoms. The van der Waals surface area contributed by atoms with Crippen LogP contribution in [0.5, 0.6) is 5.75 Å². The van der Waals surface area contributed by atoms with Crippen LogP contribution in [0.25, 0.3) is 16.7 Å². The summed E-state index contributed by atoms with van der Waals surface area (Å²) in [5, 5.41) is 13.7. The number of benzene rings is 3. The van der Waals surface area contributed by atoms with Crippen LogP contribution in [-0.4, -0.2) is 26.3 Å². The summed E-state index contributed by atoms with van der Waals surface area (Å²) < 4.78 is 2.03. The number of halogens is 1. The van der Waals surface area contributed by atoms with E-state index < -0.39 is 0 Å². The molecule has 0 aliphatic rings. The predicted octanol–water partition coefficient (Wildman–Crippen LogP) is 5.12. The maximum atomic E-state index is 12.4. The lowest BCUT2D eigenvalue weighted by molar-refractivity contribution is -0.113. The van der Waals surface area contributed by atoms with Crippen molar-refractivity contribution in [1.29, 1.82) is 0 Å². The molecule has 0 bridgehead atoms. The van der Waals surface area contributed by atoms with E-state index in [-0.39, 0.29) is 17.4 Å². The highest BCUT2D eigenvalue weighted by Crippen LogP contribution is 2.29. The number of anilines is 1. The first-order chi connectivity index (χ1) is 13.6. The summed E-state index contributed by atoms with van der Waals surface area (Å²) in [6, 6.07) is 22.3. The minimum absolute atomic E-state index is 0.0672. The monoisotopic (exact) mass is 409 g/mol. The molecule has 0 atom stereocenters. The molecule has 0 aliphatic carbocycles. The minimum atomic E-state index is -0.241. The number of rotatable bonds is 5. The van der Waals surface area contributed by atoms with Crippen molar-refractivity contribution in [2.24, 2.45) is 0 Å². The van der Waals surface area contributed by atoms with Gasteiger partial charge in [-0.05, 0) is 36.4 Å². The van der Waals surface area contributed by atoms with Crippen LogP contribution in [-0.2, 0) is 4.79 Å². The van der Waals surface area contributed by atoms with Crippen LogP contribution in [0, 0.1) is 0 Å². The maximum Gasteiger partial charge on any atom is 0.234 e. The molecule has 0 spiro atoms. The SMILES string of the molecule is O=C(CSc1nc2ccccc2n1-c1ccccc1)Nc1ccc(Cl)cc1O. The molecule has 5 nitrogen and oxygen atoms in total. The molecular weight excluding hydrogens is 394 g/mol. The van der Waals surface area contributed by atoms with Gasteiger partial charge >= 0.3 is 0 Å². The van der Waals surface area contributed by atoms with E-state index >= 15 is 0 Å². The molecule has 0 saturated carbocycles. The van der Waals surface area contributed by atoms with Gasteiger partial charge in [0.1, 0.15) is 5.75 Å². The van der Waals surface area contributed by atoms with E-state index in [0.29, 0.717) is 10.7 Å². The summed E-state index contributed by atoms with van der Waals surface area (Å²) >= 11 is 7.16. The first-order valence-electron chi connectivity index (χ1n) is 8.56. The number of imidazole rings is 1. The topological polar surface area (TPSA) is 67.2 Å². The Bertz CT molecular complexity index is 1150. The van der Waals surface area contributed by atoms with E-state index in [1.165, 1.54) is 17.8 Å². The molecule has 0 saturated heterocycles. The number of phenolic OH excluding ortho intramolecular Hbond substituents is 1. The van der Waals surface area contributed by atoms with Gasteiger partial charge in [0.05, 0.1) is 22.5 Å². The van der Waals surface area contributed by atoms with E-state index in [9.17, 15) is 9.90 Å². The first kappa shape index (κ1) is 18.4. The zero-order chi connectivity index (χ0) is 19.5. The van der Waals surface area contributed by atoms with Crippen molar-refractivity contribution in [3.8, 4) is 11.4 Å². The number of fused-ring (bicyclic) bond motifs is 1. The van der Waals surface area contributed by atoms with Gasteiger partial charge in [-0.25, -0.2) is 4.98 Å². The maximum absolute atomic E-state index is 12.4. The summed E-state index contributed by atoms with van der Waals surface area (Å²) in [6.07, 6.45) is 0. The molecule has 1 heterocycles. The Morgan fingerprint density at radius 3 is 2.61 bits per heavy atom. The van der Waals surface area contributed by atoms with Crippen LogP contribution >= 0.6 is 23.4 Å². The fourth-order valence-corrected chi connectivity index (χ4v) is 3.85. The van der Waals surface area contributed by atoms with Crippen molar-refractivity contribution in [3.63, 3.8) is 0 Å². The standard InChI is InChI=1S/C21H16ClN3O2S/c22-14-10-11-17(19(26)12-14)23-20(27)13-28-21-24-16-8-4-5-9-18(16)25(21)15-6-2-1-3-7-15/h1-12,26H,13H2,(H,23,27). The molecule has 140 valence electrons. The third-order valence-electron chi connectivity index (χ3n) is 4.11. The molecule has 7 heteroatoms. The van der Waals surface area contributed by atoms with Crippen molar-refractivity contribution in [2.75, 3.05) is 11.1 Å². The van der Waals surface area contributed by atoms with Gasteiger partial charge in [0.2, 0.25) is 5.91 Å². The van der Waals surface area contributed by atoms with E-state index in [2.05, 4.69) is 10.3 Å². The lowest BCUT2D eigenvalue weighted by Gasteiger charge is -2.10. The Morgan fingerprint density at radius 2 is 1.82 bits per heavy atom. The Balaban J connectivity index is 1.57. The molecule has 4 rings (SSSR count). The van der Waals surface area contributed by atoms with E-state index in [1.807, 2.05) is 59.2 Å². The number of aromatic hydroxyl groups is 1. The van der Waals surface area contributed by atoms with Crippen molar-refractivity contribution < 1.29 is 9.90 Å². The molecule has 3 aromatic carbocycles. The molecule has 1 amide bonds. The van der Waals surface area contributed by atoms with E-state index in [4.69, 9.17) is 11.6 Å². The van der Waals surface area contributed by atoms with Gasteiger partial charge in [0.15, 0.2) is 5.16 Å². The third kappa shape index (κ3) is 3.83. The molecule has 0 radical (unpaired) electrons. The van der Waals surface area contributed by atoms with E-state index in [0.717, 1.165) is 21.9 Å². The Hall–Kier alpha value is -2.96. The van der Waals surface area contributed by atoms with Crippen LogP contribution in [0.1, 0.15) is 0 Å². The number of phenols is 1. The number of amides is 1.